The summed E-state index contributed by atoms with van der Waals surface area (Å²) >= 11 is 1.65. The van der Waals surface area contributed by atoms with Crippen molar-refractivity contribution in [2.45, 2.75) is 26.8 Å². The number of nitrogens with one attached hydrogen (secondary N) is 2. The molecule has 0 fully saturated rings. The van der Waals surface area contributed by atoms with Crippen molar-refractivity contribution in [1.29, 1.82) is 0 Å². The van der Waals surface area contributed by atoms with Crippen LogP contribution in [0.25, 0.3) is 0 Å². The Bertz CT molecular complexity index is 564. The van der Waals surface area contributed by atoms with Crippen LogP contribution in [-0.2, 0) is 13.0 Å². The monoisotopic (exact) mass is 303 g/mol. The van der Waals surface area contributed by atoms with E-state index in [4.69, 9.17) is 0 Å². The van der Waals surface area contributed by atoms with Gasteiger partial charge in [-0.1, -0.05) is 6.07 Å². The Morgan fingerprint density at radius 2 is 2.19 bits per heavy atom. The normalized spacial score (nSPS) is 11.4. The molecule has 2 aromatic heterocycles. The molecule has 0 bridgehead atoms. The predicted molar refractivity (Wildman–Crippen MR) is 87.6 cm³/mol. The average Bonchev–Trinajstić information content (AvgIpc) is 2.91. The second-order valence-electron chi connectivity index (χ2n) is 4.55. The van der Waals surface area contributed by atoms with Crippen molar-refractivity contribution < 1.29 is 0 Å². The number of aliphatic imine (C=N–C) groups is 1. The van der Waals surface area contributed by atoms with Gasteiger partial charge in [-0.05, 0) is 26.0 Å². The maximum Gasteiger partial charge on any atom is 0.191 e. The van der Waals surface area contributed by atoms with E-state index in [1.807, 2.05) is 36.8 Å². The third-order valence-electron chi connectivity index (χ3n) is 2.97. The summed E-state index contributed by atoms with van der Waals surface area (Å²) in [5, 5.41) is 6.59. The maximum atomic E-state index is 4.59. The van der Waals surface area contributed by atoms with E-state index in [0.717, 1.165) is 36.9 Å². The van der Waals surface area contributed by atoms with Crippen LogP contribution in [0.15, 0.2) is 34.9 Å². The average molecular weight is 303 g/mol. The van der Waals surface area contributed by atoms with Crippen molar-refractivity contribution in [3.05, 3.63) is 46.2 Å². The van der Waals surface area contributed by atoms with Crippen molar-refractivity contribution in [1.82, 2.24) is 20.6 Å². The second kappa shape index (κ2) is 8.36. The van der Waals surface area contributed by atoms with E-state index in [1.165, 1.54) is 4.88 Å². The zero-order valence-electron chi connectivity index (χ0n) is 12.5. The van der Waals surface area contributed by atoms with Gasteiger partial charge in [-0.15, -0.1) is 11.3 Å². The molecular weight excluding hydrogens is 282 g/mol. The first kappa shape index (κ1) is 15.4. The summed E-state index contributed by atoms with van der Waals surface area (Å²) in [6, 6.07) is 5.97. The first-order valence-corrected chi connectivity index (χ1v) is 7.98. The molecule has 0 spiro atoms. The fourth-order valence-corrected chi connectivity index (χ4v) is 2.53. The molecule has 2 heterocycles. The molecule has 0 aromatic carbocycles. The molecule has 0 amide bonds. The summed E-state index contributed by atoms with van der Waals surface area (Å²) in [7, 11) is 0. The van der Waals surface area contributed by atoms with Gasteiger partial charge in [-0.25, -0.2) is 9.98 Å². The summed E-state index contributed by atoms with van der Waals surface area (Å²) in [6.45, 7) is 6.40. The van der Waals surface area contributed by atoms with Gasteiger partial charge in [-0.2, -0.15) is 0 Å². The van der Waals surface area contributed by atoms with Crippen molar-refractivity contribution in [3.63, 3.8) is 0 Å². The number of hydrogen-bond acceptors (Lipinski definition) is 4. The Hall–Kier alpha value is -1.95. The molecule has 2 N–H and O–H groups in total. The topological polar surface area (TPSA) is 62.2 Å². The summed E-state index contributed by atoms with van der Waals surface area (Å²) in [4.78, 5) is 14.4. The molecule has 0 aliphatic carbocycles. The Labute approximate surface area is 129 Å². The molecule has 0 saturated carbocycles. The van der Waals surface area contributed by atoms with E-state index >= 15 is 0 Å². The smallest absolute Gasteiger partial charge is 0.191 e. The van der Waals surface area contributed by atoms with Crippen LogP contribution in [0.1, 0.15) is 23.2 Å². The lowest BCUT2D eigenvalue weighted by molar-refractivity contribution is 0.789. The van der Waals surface area contributed by atoms with Crippen LogP contribution in [0.4, 0.5) is 0 Å². The Morgan fingerprint density at radius 3 is 2.86 bits per heavy atom. The summed E-state index contributed by atoms with van der Waals surface area (Å²) < 4.78 is 0. The van der Waals surface area contributed by atoms with Crippen LogP contribution in [0.2, 0.25) is 0 Å². The number of rotatable bonds is 6. The van der Waals surface area contributed by atoms with Crippen LogP contribution in [-0.4, -0.2) is 29.0 Å². The Kier molecular flexibility index (Phi) is 6.15. The van der Waals surface area contributed by atoms with Gasteiger partial charge in [0, 0.05) is 36.3 Å². The summed E-state index contributed by atoms with van der Waals surface area (Å²) in [6.07, 6.45) is 2.70. The first-order chi connectivity index (χ1) is 10.3. The van der Waals surface area contributed by atoms with E-state index in [2.05, 4.69) is 32.5 Å². The van der Waals surface area contributed by atoms with Crippen molar-refractivity contribution >= 4 is 17.3 Å². The number of aromatic nitrogens is 2. The SMILES string of the molecule is CCNC(=NCc1scnc1C)NCCc1ccccn1. The molecule has 5 nitrogen and oxygen atoms in total. The third kappa shape index (κ3) is 5.15. The molecule has 0 radical (unpaired) electrons. The van der Waals surface area contributed by atoms with Crippen LogP contribution in [0.3, 0.4) is 0 Å². The van der Waals surface area contributed by atoms with E-state index in [9.17, 15) is 0 Å². The van der Waals surface area contributed by atoms with Crippen LogP contribution in [0.5, 0.6) is 0 Å². The van der Waals surface area contributed by atoms with Crippen molar-refractivity contribution in [2.24, 2.45) is 4.99 Å². The van der Waals surface area contributed by atoms with E-state index in [0.29, 0.717) is 6.54 Å². The number of hydrogen-bond donors (Lipinski definition) is 2. The van der Waals surface area contributed by atoms with Gasteiger partial charge in [-0.3, -0.25) is 4.98 Å². The highest BCUT2D eigenvalue weighted by Crippen LogP contribution is 2.12. The number of pyridine rings is 1. The van der Waals surface area contributed by atoms with Crippen molar-refractivity contribution in [3.8, 4) is 0 Å². The van der Waals surface area contributed by atoms with Gasteiger partial charge in [0.25, 0.3) is 0 Å². The minimum absolute atomic E-state index is 0.662. The summed E-state index contributed by atoms with van der Waals surface area (Å²) in [5.74, 6) is 0.834. The lowest BCUT2D eigenvalue weighted by atomic mass is 10.3. The third-order valence-corrected chi connectivity index (χ3v) is 3.89. The van der Waals surface area contributed by atoms with E-state index in [-0.39, 0.29) is 0 Å². The lowest BCUT2D eigenvalue weighted by Gasteiger charge is -2.10. The lowest BCUT2D eigenvalue weighted by Crippen LogP contribution is -2.38. The summed E-state index contributed by atoms with van der Waals surface area (Å²) in [5.41, 5.74) is 4.01. The predicted octanol–water partition coefficient (Wildman–Crippen LogP) is 2.14. The Balaban J connectivity index is 1.85. The number of nitrogens with zero attached hydrogens (tertiary/aromatic N) is 3. The molecule has 0 aliphatic heterocycles. The Morgan fingerprint density at radius 1 is 1.29 bits per heavy atom. The molecule has 2 aromatic rings. The van der Waals surface area contributed by atoms with Gasteiger partial charge in [0.05, 0.1) is 17.7 Å². The van der Waals surface area contributed by atoms with Gasteiger partial charge in [0.15, 0.2) is 5.96 Å². The second-order valence-corrected chi connectivity index (χ2v) is 5.49. The van der Waals surface area contributed by atoms with Gasteiger partial charge < -0.3 is 10.6 Å². The number of guanidine groups is 1. The van der Waals surface area contributed by atoms with E-state index < -0.39 is 0 Å². The van der Waals surface area contributed by atoms with Crippen LogP contribution in [0, 0.1) is 6.92 Å². The van der Waals surface area contributed by atoms with Crippen molar-refractivity contribution in [2.75, 3.05) is 13.1 Å². The number of thiazole rings is 1. The molecule has 112 valence electrons. The van der Waals surface area contributed by atoms with Gasteiger partial charge >= 0.3 is 0 Å². The largest absolute Gasteiger partial charge is 0.357 e. The zero-order chi connectivity index (χ0) is 14.9. The molecule has 6 heteroatoms. The zero-order valence-corrected chi connectivity index (χ0v) is 13.3. The van der Waals surface area contributed by atoms with Gasteiger partial charge in [0.1, 0.15) is 0 Å². The highest BCUT2D eigenvalue weighted by Gasteiger charge is 2.02. The molecule has 0 aliphatic rings. The fraction of sp³-hybridized carbons (Fsp3) is 0.400. The molecule has 2 rings (SSSR count). The molecule has 0 unspecified atom stereocenters. The quantitative estimate of drug-likeness (QED) is 0.634. The highest BCUT2D eigenvalue weighted by molar-refractivity contribution is 7.09. The standard InChI is InChI=1S/C15H21N5S/c1-3-16-15(19-10-14-12(2)20-11-21-14)18-9-7-13-6-4-5-8-17-13/h4-6,8,11H,3,7,9-10H2,1-2H3,(H2,16,18,19). The maximum absolute atomic E-state index is 4.59. The molecular formula is C15H21N5S. The van der Waals surface area contributed by atoms with Crippen LogP contribution >= 0.6 is 11.3 Å². The highest BCUT2D eigenvalue weighted by atomic mass is 32.1. The molecule has 0 saturated heterocycles. The first-order valence-electron chi connectivity index (χ1n) is 7.10. The number of aryl methyl sites for hydroxylation is 1. The molecule has 0 atom stereocenters. The molecule has 21 heavy (non-hydrogen) atoms. The minimum atomic E-state index is 0.662. The fourth-order valence-electron chi connectivity index (χ4n) is 1.83. The van der Waals surface area contributed by atoms with Crippen LogP contribution < -0.4 is 10.6 Å². The minimum Gasteiger partial charge on any atom is -0.357 e. The van der Waals surface area contributed by atoms with E-state index in [1.54, 1.807) is 11.3 Å². The van der Waals surface area contributed by atoms with Gasteiger partial charge in [0.2, 0.25) is 0 Å².